The highest BCUT2D eigenvalue weighted by Crippen LogP contribution is 2.36. The summed E-state index contributed by atoms with van der Waals surface area (Å²) >= 11 is 1.33. The maximum absolute atomic E-state index is 13.5. The van der Waals surface area contributed by atoms with Crippen molar-refractivity contribution in [2.24, 2.45) is 0 Å². The maximum atomic E-state index is 13.5. The average Bonchev–Trinajstić information content (AvgIpc) is 3.14. The molecule has 5 atom stereocenters. The molecule has 27 heavy (non-hydrogen) atoms. The van der Waals surface area contributed by atoms with E-state index < -0.39 is 53.8 Å². The van der Waals surface area contributed by atoms with E-state index in [9.17, 15) is 23.4 Å². The van der Waals surface area contributed by atoms with Gasteiger partial charge in [0.25, 0.3) is 0 Å². The van der Waals surface area contributed by atoms with Crippen molar-refractivity contribution in [1.29, 1.82) is 0 Å². The van der Waals surface area contributed by atoms with Gasteiger partial charge in [0.15, 0.2) is 17.5 Å². The van der Waals surface area contributed by atoms with Crippen LogP contribution < -0.4 is 0 Å². The van der Waals surface area contributed by atoms with E-state index in [2.05, 4.69) is 10.3 Å². The van der Waals surface area contributed by atoms with Crippen molar-refractivity contribution in [3.63, 3.8) is 0 Å². The van der Waals surface area contributed by atoms with Crippen LogP contribution in [0.5, 0.6) is 0 Å². The second-order valence-electron chi connectivity index (χ2n) is 5.98. The Kier molecular flexibility index (Phi) is 6.06. The van der Waals surface area contributed by atoms with Gasteiger partial charge in [0.05, 0.1) is 12.8 Å². The van der Waals surface area contributed by atoms with Gasteiger partial charge in [0.1, 0.15) is 35.5 Å². The van der Waals surface area contributed by atoms with Crippen LogP contribution in [0.4, 0.5) is 13.2 Å². The molecule has 0 amide bonds. The molecule has 1 aromatic carbocycles. The summed E-state index contributed by atoms with van der Waals surface area (Å²) in [5.74, 6) is -4.26. The van der Waals surface area contributed by atoms with Crippen LogP contribution in [0.25, 0.3) is 11.3 Å². The molecular weight excluding hydrogens is 387 g/mol. The topological polar surface area (TPSA) is 89.6 Å². The van der Waals surface area contributed by atoms with Crippen molar-refractivity contribution in [1.82, 2.24) is 15.0 Å². The Balaban J connectivity index is 1.98. The number of thioether (sulfide) groups is 1. The lowest BCUT2D eigenvalue weighted by Crippen LogP contribution is -2.55. The second-order valence-corrected chi connectivity index (χ2v) is 6.92. The molecule has 0 spiro atoms. The van der Waals surface area contributed by atoms with Crippen LogP contribution in [-0.4, -0.2) is 68.9 Å². The van der Waals surface area contributed by atoms with Gasteiger partial charge in [-0.05, 0) is 18.4 Å². The summed E-state index contributed by atoms with van der Waals surface area (Å²) in [6.45, 7) is -0.416. The molecule has 2 heterocycles. The highest BCUT2D eigenvalue weighted by molar-refractivity contribution is 7.99. The number of benzene rings is 1. The van der Waals surface area contributed by atoms with Crippen molar-refractivity contribution in [2.75, 3.05) is 20.0 Å². The molecule has 1 fully saturated rings. The number of aromatic nitrogens is 3. The van der Waals surface area contributed by atoms with Crippen LogP contribution in [0.3, 0.4) is 0 Å². The summed E-state index contributed by atoms with van der Waals surface area (Å²) in [6, 6.07) is 0.847. The molecule has 0 bridgehead atoms. The standard InChI is InChI=1S/C16H18F3N3O4S/c1-25-15-13(14(24)11(6-23)26-16(15)27-2)22-5-10(20-21-22)7-3-8(17)12(19)9(18)4-7/h3-5,11,13-16,23-24H,6H2,1-2H3/t11-,13+,14+,15-,16+/m1/s1. The Morgan fingerprint density at radius 1 is 1.30 bits per heavy atom. The number of ether oxygens (including phenoxy) is 2. The van der Waals surface area contributed by atoms with Crippen molar-refractivity contribution >= 4 is 11.8 Å². The van der Waals surface area contributed by atoms with E-state index in [0.29, 0.717) is 0 Å². The molecular formula is C16H18F3N3O4S. The van der Waals surface area contributed by atoms with E-state index in [4.69, 9.17) is 9.47 Å². The molecule has 11 heteroatoms. The van der Waals surface area contributed by atoms with E-state index in [1.807, 2.05) is 0 Å². The third-order valence-corrected chi connectivity index (χ3v) is 5.27. The molecule has 1 saturated heterocycles. The smallest absolute Gasteiger partial charge is 0.194 e. The molecule has 2 aromatic rings. The largest absolute Gasteiger partial charge is 0.394 e. The predicted molar refractivity (Wildman–Crippen MR) is 90.4 cm³/mol. The summed E-state index contributed by atoms with van der Waals surface area (Å²) < 4.78 is 52.5. The third-order valence-electron chi connectivity index (χ3n) is 4.42. The molecule has 7 nitrogen and oxygen atoms in total. The quantitative estimate of drug-likeness (QED) is 0.726. The van der Waals surface area contributed by atoms with Crippen LogP contribution in [-0.2, 0) is 9.47 Å². The van der Waals surface area contributed by atoms with Gasteiger partial charge in [0.2, 0.25) is 0 Å². The summed E-state index contributed by atoms with van der Waals surface area (Å²) in [5.41, 5.74) is -0.412. The fourth-order valence-corrected chi connectivity index (χ4v) is 3.86. The first-order valence-corrected chi connectivity index (χ1v) is 9.26. The van der Waals surface area contributed by atoms with Crippen LogP contribution in [0.1, 0.15) is 6.04 Å². The van der Waals surface area contributed by atoms with E-state index in [1.54, 1.807) is 6.26 Å². The van der Waals surface area contributed by atoms with Gasteiger partial charge in [-0.1, -0.05) is 5.21 Å². The molecule has 1 aromatic heterocycles. The van der Waals surface area contributed by atoms with Crippen molar-refractivity contribution in [3.05, 3.63) is 35.8 Å². The normalized spacial score (nSPS) is 28.5. The number of hydrogen-bond acceptors (Lipinski definition) is 7. The third kappa shape index (κ3) is 3.69. The van der Waals surface area contributed by atoms with E-state index in [-0.39, 0.29) is 11.3 Å². The second kappa shape index (κ2) is 8.15. The summed E-state index contributed by atoms with van der Waals surface area (Å²) in [7, 11) is 1.44. The first-order chi connectivity index (χ1) is 12.9. The Hall–Kier alpha value is -1.66. The van der Waals surface area contributed by atoms with Crippen LogP contribution in [0.2, 0.25) is 0 Å². The zero-order valence-corrected chi connectivity index (χ0v) is 15.2. The van der Waals surface area contributed by atoms with Crippen molar-refractivity contribution < 1.29 is 32.9 Å². The van der Waals surface area contributed by atoms with E-state index >= 15 is 0 Å². The summed E-state index contributed by atoms with van der Waals surface area (Å²) in [4.78, 5) is 0. The predicted octanol–water partition coefficient (Wildman–Crippen LogP) is 1.36. The minimum Gasteiger partial charge on any atom is -0.394 e. The molecule has 148 valence electrons. The molecule has 2 N–H and O–H groups in total. The molecule has 0 aliphatic carbocycles. The summed E-state index contributed by atoms with van der Waals surface area (Å²) in [5, 5.41) is 27.8. The lowest BCUT2D eigenvalue weighted by molar-refractivity contribution is -0.186. The number of methoxy groups -OCH3 is 1. The zero-order chi connectivity index (χ0) is 19.7. The van der Waals surface area contributed by atoms with Gasteiger partial charge in [-0.2, -0.15) is 0 Å². The SMILES string of the molecule is CO[C@@H]1[C@@H](n2cc(-c3cc(F)c(F)c(F)c3)nn2)[C@@H](O)[C@@H](CO)O[C@H]1SC. The zero-order valence-electron chi connectivity index (χ0n) is 14.4. The molecule has 0 saturated carbocycles. The van der Waals surface area contributed by atoms with Gasteiger partial charge in [-0.25, -0.2) is 17.9 Å². The first-order valence-electron chi connectivity index (χ1n) is 7.98. The minimum absolute atomic E-state index is 0.00621. The summed E-state index contributed by atoms with van der Waals surface area (Å²) in [6.07, 6.45) is 0.487. The van der Waals surface area contributed by atoms with Crippen LogP contribution >= 0.6 is 11.8 Å². The van der Waals surface area contributed by atoms with Crippen molar-refractivity contribution in [2.45, 2.75) is 29.8 Å². The maximum Gasteiger partial charge on any atom is 0.194 e. The monoisotopic (exact) mass is 405 g/mol. The van der Waals surface area contributed by atoms with Gasteiger partial charge < -0.3 is 19.7 Å². The Labute approximate surface area is 157 Å². The number of nitrogens with zero attached hydrogens (tertiary/aromatic N) is 3. The first kappa shape index (κ1) is 20.1. The van der Waals surface area contributed by atoms with Gasteiger partial charge in [-0.15, -0.1) is 16.9 Å². The Morgan fingerprint density at radius 3 is 2.52 bits per heavy atom. The molecule has 0 unspecified atom stereocenters. The fourth-order valence-electron chi connectivity index (χ4n) is 3.06. The average molecular weight is 405 g/mol. The van der Waals surface area contributed by atoms with Crippen molar-refractivity contribution in [3.8, 4) is 11.3 Å². The number of halogens is 3. The van der Waals surface area contributed by atoms with Gasteiger partial charge >= 0.3 is 0 Å². The Bertz CT molecular complexity index is 786. The lowest BCUT2D eigenvalue weighted by atomic mass is 9.97. The molecule has 3 rings (SSSR count). The Morgan fingerprint density at radius 2 is 1.96 bits per heavy atom. The van der Waals surface area contributed by atoms with Gasteiger partial charge in [0, 0.05) is 12.7 Å². The molecule has 1 aliphatic rings. The van der Waals surface area contributed by atoms with E-state index in [0.717, 1.165) is 12.1 Å². The van der Waals surface area contributed by atoms with Gasteiger partial charge in [-0.3, -0.25) is 0 Å². The highest BCUT2D eigenvalue weighted by Gasteiger charge is 2.46. The van der Waals surface area contributed by atoms with Crippen LogP contribution in [0, 0.1) is 17.5 Å². The highest BCUT2D eigenvalue weighted by atomic mass is 32.2. The van der Waals surface area contributed by atoms with Crippen LogP contribution in [0.15, 0.2) is 18.3 Å². The minimum atomic E-state index is -1.57. The molecule has 1 aliphatic heterocycles. The fraction of sp³-hybridized carbons (Fsp3) is 0.500. The van der Waals surface area contributed by atoms with E-state index in [1.165, 1.54) is 29.8 Å². The number of aliphatic hydroxyl groups excluding tert-OH is 2. The number of hydrogen-bond donors (Lipinski definition) is 2. The number of aliphatic hydroxyl groups is 2. The molecule has 0 radical (unpaired) electrons. The number of rotatable bonds is 5. The lowest BCUT2D eigenvalue weighted by Gasteiger charge is -2.43.